The first kappa shape index (κ1) is 15.5. The molecule has 0 radical (unpaired) electrons. The van der Waals surface area contributed by atoms with Gasteiger partial charge in [-0.1, -0.05) is 15.9 Å². The molecule has 1 saturated heterocycles. The third-order valence-corrected chi connectivity index (χ3v) is 4.55. The molecule has 4 nitrogen and oxygen atoms in total. The van der Waals surface area contributed by atoms with Crippen molar-refractivity contribution in [1.82, 2.24) is 10.2 Å². The Bertz CT molecular complexity index is 473. The average Bonchev–Trinajstić information content (AvgIpc) is 2.93. The van der Waals surface area contributed by atoms with Crippen LogP contribution in [0.15, 0.2) is 22.7 Å². The molecule has 0 bridgehead atoms. The van der Waals surface area contributed by atoms with E-state index in [2.05, 4.69) is 21.2 Å². The lowest BCUT2D eigenvalue weighted by atomic mass is 10.1. The smallest absolute Gasteiger partial charge is 0.253 e. The molecule has 2 rings (SSSR count). The summed E-state index contributed by atoms with van der Waals surface area (Å²) in [6.07, 6.45) is 2.25. The van der Waals surface area contributed by atoms with Crippen LogP contribution >= 0.6 is 15.9 Å². The van der Waals surface area contributed by atoms with E-state index < -0.39 is 0 Å². The van der Waals surface area contributed by atoms with Crippen LogP contribution in [0.1, 0.15) is 28.8 Å². The second kappa shape index (κ2) is 7.20. The number of benzene rings is 1. The predicted octanol–water partition coefficient (Wildman–Crippen LogP) is 1.94. The van der Waals surface area contributed by atoms with Gasteiger partial charge in [-0.25, -0.2) is 0 Å². The van der Waals surface area contributed by atoms with Crippen LogP contribution in [0.25, 0.3) is 0 Å². The molecule has 1 fully saturated rings. The molecule has 20 heavy (non-hydrogen) atoms. The third-order valence-electron chi connectivity index (χ3n) is 3.67. The maximum absolute atomic E-state index is 12.6. The Balaban J connectivity index is 2.10. The van der Waals surface area contributed by atoms with Gasteiger partial charge in [-0.3, -0.25) is 4.79 Å². The molecule has 1 atom stereocenters. The number of hydrogen-bond donors (Lipinski definition) is 2. The van der Waals surface area contributed by atoms with Crippen molar-refractivity contribution in [1.29, 1.82) is 0 Å². The number of nitrogens with one attached hydrogen (secondary N) is 1. The van der Waals surface area contributed by atoms with Crippen molar-refractivity contribution in [3.63, 3.8) is 0 Å². The van der Waals surface area contributed by atoms with Crippen LogP contribution in [0.5, 0.6) is 0 Å². The molecule has 1 unspecified atom stereocenters. The molecule has 1 aliphatic rings. The molecule has 110 valence electrons. The van der Waals surface area contributed by atoms with Crippen molar-refractivity contribution in [2.24, 2.45) is 0 Å². The second-order valence-electron chi connectivity index (χ2n) is 5.23. The number of aliphatic hydroxyl groups excluding tert-OH is 1. The number of carbonyl (C=O) groups excluding carboxylic acids is 1. The van der Waals surface area contributed by atoms with Crippen LogP contribution in [0.3, 0.4) is 0 Å². The SMILES string of the molecule is Cc1cc(C(=O)N(CCO)CC2CCCN2)ccc1Br. The first-order valence-corrected chi connectivity index (χ1v) is 7.81. The molecule has 0 spiro atoms. The van der Waals surface area contributed by atoms with Gasteiger partial charge in [0.25, 0.3) is 5.91 Å². The zero-order chi connectivity index (χ0) is 14.5. The zero-order valence-corrected chi connectivity index (χ0v) is 13.3. The summed E-state index contributed by atoms with van der Waals surface area (Å²) in [5, 5.41) is 12.6. The first-order valence-electron chi connectivity index (χ1n) is 7.01. The lowest BCUT2D eigenvalue weighted by Gasteiger charge is -2.25. The largest absolute Gasteiger partial charge is 0.395 e. The van der Waals surface area contributed by atoms with E-state index in [1.54, 1.807) is 4.90 Å². The van der Waals surface area contributed by atoms with Gasteiger partial charge in [0.2, 0.25) is 0 Å². The van der Waals surface area contributed by atoms with Crippen molar-refractivity contribution in [3.8, 4) is 0 Å². The minimum atomic E-state index is -0.0108. The van der Waals surface area contributed by atoms with Crippen molar-refractivity contribution < 1.29 is 9.90 Å². The Hall–Kier alpha value is -0.910. The number of rotatable bonds is 5. The molecular formula is C15H21BrN2O2. The molecular weight excluding hydrogens is 320 g/mol. The Morgan fingerprint density at radius 2 is 2.35 bits per heavy atom. The van der Waals surface area contributed by atoms with Crippen LogP contribution in [-0.2, 0) is 0 Å². The fourth-order valence-corrected chi connectivity index (χ4v) is 2.78. The molecule has 1 aromatic rings. The molecule has 5 heteroatoms. The number of halogens is 1. The van der Waals surface area contributed by atoms with Crippen LogP contribution < -0.4 is 5.32 Å². The average molecular weight is 341 g/mol. The number of aryl methyl sites for hydroxylation is 1. The lowest BCUT2D eigenvalue weighted by Crippen LogP contribution is -2.42. The summed E-state index contributed by atoms with van der Waals surface area (Å²) in [5.41, 5.74) is 1.72. The van der Waals surface area contributed by atoms with Gasteiger partial charge in [-0.2, -0.15) is 0 Å². The summed E-state index contributed by atoms with van der Waals surface area (Å²) in [6.45, 7) is 4.02. The molecule has 0 saturated carbocycles. The molecule has 0 aromatic heterocycles. The maximum atomic E-state index is 12.6. The highest BCUT2D eigenvalue weighted by atomic mass is 79.9. The Morgan fingerprint density at radius 1 is 1.55 bits per heavy atom. The molecule has 1 amide bonds. The lowest BCUT2D eigenvalue weighted by molar-refractivity contribution is 0.0706. The van der Waals surface area contributed by atoms with Crippen LogP contribution in [0.2, 0.25) is 0 Å². The first-order chi connectivity index (χ1) is 9.61. The molecule has 1 aliphatic heterocycles. The number of hydrogen-bond acceptors (Lipinski definition) is 3. The maximum Gasteiger partial charge on any atom is 0.253 e. The van der Waals surface area contributed by atoms with E-state index in [-0.39, 0.29) is 12.5 Å². The zero-order valence-electron chi connectivity index (χ0n) is 11.7. The summed E-state index contributed by atoms with van der Waals surface area (Å²) >= 11 is 3.44. The van der Waals surface area contributed by atoms with Gasteiger partial charge in [0.1, 0.15) is 0 Å². The van der Waals surface area contributed by atoms with Crippen molar-refractivity contribution >= 4 is 21.8 Å². The third kappa shape index (κ3) is 3.81. The molecule has 1 heterocycles. The molecule has 2 N–H and O–H groups in total. The monoisotopic (exact) mass is 340 g/mol. The van der Waals surface area contributed by atoms with E-state index in [9.17, 15) is 9.90 Å². The summed E-state index contributed by atoms with van der Waals surface area (Å²) in [5.74, 6) is -0.0108. The van der Waals surface area contributed by atoms with E-state index in [0.29, 0.717) is 24.7 Å². The number of nitrogens with zero attached hydrogens (tertiary/aromatic N) is 1. The van der Waals surface area contributed by atoms with Crippen LogP contribution in [0, 0.1) is 6.92 Å². The van der Waals surface area contributed by atoms with Gasteiger partial charge in [-0.05, 0) is 50.1 Å². The minimum Gasteiger partial charge on any atom is -0.395 e. The Labute approximate surface area is 128 Å². The van der Waals surface area contributed by atoms with E-state index in [0.717, 1.165) is 29.4 Å². The fourth-order valence-electron chi connectivity index (χ4n) is 2.54. The number of carbonyl (C=O) groups is 1. The summed E-state index contributed by atoms with van der Waals surface area (Å²) < 4.78 is 1.00. The predicted molar refractivity (Wildman–Crippen MR) is 82.9 cm³/mol. The van der Waals surface area contributed by atoms with Gasteiger partial charge >= 0.3 is 0 Å². The van der Waals surface area contributed by atoms with Gasteiger partial charge < -0.3 is 15.3 Å². The second-order valence-corrected chi connectivity index (χ2v) is 6.09. The number of amides is 1. The Kier molecular flexibility index (Phi) is 5.57. The van der Waals surface area contributed by atoms with E-state index in [1.807, 2.05) is 25.1 Å². The fraction of sp³-hybridized carbons (Fsp3) is 0.533. The summed E-state index contributed by atoms with van der Waals surface area (Å²) in [7, 11) is 0. The van der Waals surface area contributed by atoms with Crippen LogP contribution in [-0.4, -0.2) is 48.2 Å². The normalized spacial score (nSPS) is 18.2. The molecule has 0 aliphatic carbocycles. The standard InChI is InChI=1S/C15H21BrN2O2/c1-11-9-12(4-5-14(11)16)15(20)18(7-8-19)10-13-3-2-6-17-13/h4-5,9,13,17,19H,2-3,6-8,10H2,1H3. The van der Waals surface area contributed by atoms with E-state index in [1.165, 1.54) is 0 Å². The van der Waals surface area contributed by atoms with Gasteiger partial charge in [0.15, 0.2) is 0 Å². The van der Waals surface area contributed by atoms with Crippen molar-refractivity contribution in [3.05, 3.63) is 33.8 Å². The highest BCUT2D eigenvalue weighted by Gasteiger charge is 2.22. The summed E-state index contributed by atoms with van der Waals surface area (Å²) in [4.78, 5) is 14.3. The molecule has 1 aromatic carbocycles. The number of aliphatic hydroxyl groups is 1. The van der Waals surface area contributed by atoms with Gasteiger partial charge in [0, 0.05) is 29.2 Å². The van der Waals surface area contributed by atoms with Crippen LogP contribution in [0.4, 0.5) is 0 Å². The quantitative estimate of drug-likeness (QED) is 0.861. The van der Waals surface area contributed by atoms with Crippen molar-refractivity contribution in [2.75, 3.05) is 26.2 Å². The van der Waals surface area contributed by atoms with Gasteiger partial charge in [-0.15, -0.1) is 0 Å². The topological polar surface area (TPSA) is 52.6 Å². The van der Waals surface area contributed by atoms with Crippen molar-refractivity contribution in [2.45, 2.75) is 25.8 Å². The van der Waals surface area contributed by atoms with E-state index >= 15 is 0 Å². The highest BCUT2D eigenvalue weighted by Crippen LogP contribution is 2.18. The van der Waals surface area contributed by atoms with Gasteiger partial charge in [0.05, 0.1) is 6.61 Å². The highest BCUT2D eigenvalue weighted by molar-refractivity contribution is 9.10. The summed E-state index contributed by atoms with van der Waals surface area (Å²) in [6, 6.07) is 5.96. The minimum absolute atomic E-state index is 0.00598. The Morgan fingerprint density at radius 3 is 2.95 bits per heavy atom. The van der Waals surface area contributed by atoms with E-state index in [4.69, 9.17) is 0 Å².